The Morgan fingerprint density at radius 1 is 0.933 bits per heavy atom. The van der Waals surface area contributed by atoms with E-state index in [1.165, 1.54) is 0 Å². The lowest BCUT2D eigenvalue weighted by molar-refractivity contribution is -0.431. The maximum atomic E-state index is 12.1. The topological polar surface area (TPSA) is 18.5 Å². The zero-order valence-corrected chi connectivity index (χ0v) is 6.55. The SMILES string of the molecule is FCOC(F)(F)C(F)(F)OC(F)=C(F)F. The molecule has 0 rings (SSSR count). The van der Waals surface area contributed by atoms with E-state index in [9.17, 15) is 35.1 Å². The van der Waals surface area contributed by atoms with Crippen molar-refractivity contribution in [1.29, 1.82) is 0 Å². The van der Waals surface area contributed by atoms with E-state index in [-0.39, 0.29) is 0 Å². The Balaban J connectivity index is 4.75. The molecule has 0 aromatic rings. The van der Waals surface area contributed by atoms with Crippen LogP contribution in [0.3, 0.4) is 0 Å². The summed E-state index contributed by atoms with van der Waals surface area (Å²) in [7, 11) is 0. The molecule has 0 aliphatic heterocycles. The van der Waals surface area contributed by atoms with Gasteiger partial charge in [-0.3, -0.25) is 4.74 Å². The maximum absolute atomic E-state index is 12.1. The van der Waals surface area contributed by atoms with E-state index in [0.717, 1.165) is 0 Å². The molecule has 0 saturated heterocycles. The van der Waals surface area contributed by atoms with Crippen molar-refractivity contribution < 1.29 is 44.6 Å². The van der Waals surface area contributed by atoms with Gasteiger partial charge in [-0.05, 0) is 0 Å². The molecule has 15 heavy (non-hydrogen) atoms. The molecule has 0 amide bonds. The smallest absolute Gasteiger partial charge is 0.396 e. The third kappa shape index (κ3) is 3.53. The van der Waals surface area contributed by atoms with Crippen LogP contribution < -0.4 is 0 Å². The Morgan fingerprint density at radius 3 is 1.73 bits per heavy atom. The van der Waals surface area contributed by atoms with Crippen molar-refractivity contribution in [3.63, 3.8) is 0 Å². The van der Waals surface area contributed by atoms with Crippen molar-refractivity contribution in [1.82, 2.24) is 0 Å². The van der Waals surface area contributed by atoms with Crippen LogP contribution in [-0.2, 0) is 9.47 Å². The van der Waals surface area contributed by atoms with E-state index in [1.807, 2.05) is 0 Å². The van der Waals surface area contributed by atoms with Crippen LogP contribution in [0.5, 0.6) is 0 Å². The van der Waals surface area contributed by atoms with E-state index in [1.54, 1.807) is 0 Å². The molecule has 0 unspecified atom stereocenters. The quantitative estimate of drug-likeness (QED) is 0.548. The number of hydrogen-bond acceptors (Lipinski definition) is 2. The van der Waals surface area contributed by atoms with Crippen LogP contribution in [0.2, 0.25) is 0 Å². The van der Waals surface area contributed by atoms with Gasteiger partial charge in [0.25, 0.3) is 0 Å². The first-order chi connectivity index (χ1) is 6.64. The molecule has 0 spiro atoms. The molecule has 0 atom stereocenters. The normalized spacial score (nSPS) is 12.5. The molecule has 0 aromatic carbocycles. The molecule has 0 fully saturated rings. The summed E-state index contributed by atoms with van der Waals surface area (Å²) in [5.41, 5.74) is 0. The van der Waals surface area contributed by atoms with E-state index < -0.39 is 31.2 Å². The van der Waals surface area contributed by atoms with Gasteiger partial charge in [0.15, 0.2) is 6.86 Å². The number of ether oxygens (including phenoxy) is 2. The second kappa shape index (κ2) is 4.64. The van der Waals surface area contributed by atoms with Crippen LogP contribution in [0.4, 0.5) is 35.1 Å². The Morgan fingerprint density at radius 2 is 1.40 bits per heavy atom. The molecule has 0 saturated carbocycles. The van der Waals surface area contributed by atoms with Gasteiger partial charge >= 0.3 is 24.3 Å². The molecule has 0 aliphatic rings. The fraction of sp³-hybridized carbons (Fsp3) is 0.600. The molecule has 0 N–H and O–H groups in total. The van der Waals surface area contributed by atoms with Crippen LogP contribution in [0.1, 0.15) is 0 Å². The molecule has 10 heteroatoms. The summed E-state index contributed by atoms with van der Waals surface area (Å²) in [6.45, 7) is -2.34. The second-order valence-corrected chi connectivity index (χ2v) is 1.92. The fourth-order valence-electron chi connectivity index (χ4n) is 0.363. The van der Waals surface area contributed by atoms with Crippen LogP contribution in [-0.4, -0.2) is 19.1 Å². The standard InChI is InChI=1S/C5H2F8O2/c6-1-14-4(10,11)5(12,13)15-3(9)2(7)8/h1H2. The van der Waals surface area contributed by atoms with Crippen LogP contribution in [0.25, 0.3) is 0 Å². The first-order valence-corrected chi connectivity index (χ1v) is 2.99. The predicted molar refractivity (Wildman–Crippen MR) is 28.4 cm³/mol. The number of alkyl halides is 5. The Kier molecular flexibility index (Phi) is 4.31. The van der Waals surface area contributed by atoms with E-state index in [4.69, 9.17) is 0 Å². The average Bonchev–Trinajstić information content (AvgIpc) is 2.02. The monoisotopic (exact) mass is 246 g/mol. The highest BCUT2D eigenvalue weighted by atomic mass is 19.3. The van der Waals surface area contributed by atoms with Gasteiger partial charge in [0.1, 0.15) is 0 Å². The van der Waals surface area contributed by atoms with Crippen molar-refractivity contribution in [2.24, 2.45) is 0 Å². The molecule has 0 bridgehead atoms. The molecule has 0 radical (unpaired) electrons. The zero-order valence-electron chi connectivity index (χ0n) is 6.55. The number of hydrogen-bond donors (Lipinski definition) is 0. The van der Waals surface area contributed by atoms with Gasteiger partial charge in [-0.15, -0.1) is 0 Å². The minimum Gasteiger partial charge on any atom is -0.396 e. The second-order valence-electron chi connectivity index (χ2n) is 1.92. The lowest BCUT2D eigenvalue weighted by Gasteiger charge is -2.23. The number of rotatable bonds is 5. The lowest BCUT2D eigenvalue weighted by atomic mass is 10.6. The number of halogens is 8. The largest absolute Gasteiger partial charge is 0.495 e. The van der Waals surface area contributed by atoms with Gasteiger partial charge in [-0.25, -0.2) is 4.39 Å². The van der Waals surface area contributed by atoms with Gasteiger partial charge in [0, 0.05) is 0 Å². The molecule has 0 heterocycles. The summed E-state index contributed by atoms with van der Waals surface area (Å²) in [4.78, 5) is 0. The van der Waals surface area contributed by atoms with E-state index >= 15 is 0 Å². The molecule has 0 aliphatic carbocycles. The molecule has 90 valence electrons. The van der Waals surface area contributed by atoms with Gasteiger partial charge in [-0.2, -0.15) is 30.7 Å². The first kappa shape index (κ1) is 13.9. The van der Waals surface area contributed by atoms with Crippen molar-refractivity contribution in [2.45, 2.75) is 12.2 Å². The molecule has 2 nitrogen and oxygen atoms in total. The Hall–Kier alpha value is -1.06. The highest BCUT2D eigenvalue weighted by Gasteiger charge is 2.62. The Bertz CT molecular complexity index is 245. The van der Waals surface area contributed by atoms with Crippen LogP contribution >= 0.6 is 0 Å². The average molecular weight is 246 g/mol. The van der Waals surface area contributed by atoms with E-state index in [0.29, 0.717) is 0 Å². The maximum Gasteiger partial charge on any atom is 0.495 e. The van der Waals surface area contributed by atoms with Crippen molar-refractivity contribution >= 4 is 0 Å². The summed E-state index contributed by atoms with van der Waals surface area (Å²) >= 11 is 0. The highest BCUT2D eigenvalue weighted by Crippen LogP contribution is 2.38. The minimum atomic E-state index is -5.76. The molecule has 0 aromatic heterocycles. The van der Waals surface area contributed by atoms with Crippen LogP contribution in [0, 0.1) is 0 Å². The fourth-order valence-corrected chi connectivity index (χ4v) is 0.363. The van der Waals surface area contributed by atoms with Crippen molar-refractivity contribution in [3.8, 4) is 0 Å². The van der Waals surface area contributed by atoms with Gasteiger partial charge < -0.3 is 4.74 Å². The van der Waals surface area contributed by atoms with E-state index in [2.05, 4.69) is 9.47 Å². The van der Waals surface area contributed by atoms with Crippen molar-refractivity contribution in [2.75, 3.05) is 6.86 Å². The summed E-state index contributed by atoms with van der Waals surface area (Å²) in [5.74, 6) is 0. The first-order valence-electron chi connectivity index (χ1n) is 2.99. The molecular formula is C5H2F8O2. The minimum absolute atomic E-state index is 2.30. The third-order valence-corrected chi connectivity index (χ3v) is 0.941. The van der Waals surface area contributed by atoms with Gasteiger partial charge in [0.2, 0.25) is 0 Å². The summed E-state index contributed by atoms with van der Waals surface area (Å²) in [6, 6.07) is -3.21. The molecular weight excluding hydrogens is 244 g/mol. The van der Waals surface area contributed by atoms with Gasteiger partial charge in [0.05, 0.1) is 0 Å². The van der Waals surface area contributed by atoms with Crippen molar-refractivity contribution in [3.05, 3.63) is 12.1 Å². The third-order valence-electron chi connectivity index (χ3n) is 0.941. The highest BCUT2D eigenvalue weighted by molar-refractivity contribution is 4.84. The summed E-state index contributed by atoms with van der Waals surface area (Å²) in [5, 5.41) is 0. The zero-order chi connectivity index (χ0) is 12.3. The summed E-state index contributed by atoms with van der Waals surface area (Å²) in [6.07, 6.45) is -14.7. The van der Waals surface area contributed by atoms with Crippen LogP contribution in [0.15, 0.2) is 12.1 Å². The summed E-state index contributed by atoms with van der Waals surface area (Å²) < 4.78 is 98.6. The lowest BCUT2D eigenvalue weighted by Crippen LogP contribution is -2.44. The van der Waals surface area contributed by atoms with Gasteiger partial charge in [-0.1, -0.05) is 0 Å². The predicted octanol–water partition coefficient (Wildman–Crippen LogP) is 3.17. The Labute approximate surface area is 77.1 Å².